The molecule has 0 saturated carbocycles. The van der Waals surface area contributed by atoms with Gasteiger partial charge in [-0.3, -0.25) is 0 Å². The first-order valence-corrected chi connectivity index (χ1v) is 15.5. The summed E-state index contributed by atoms with van der Waals surface area (Å²) in [5, 5.41) is 0.933. The number of benzene rings is 1. The van der Waals surface area contributed by atoms with Crippen molar-refractivity contribution in [2.24, 2.45) is 0 Å². The molecule has 1 aliphatic rings. The Bertz CT molecular complexity index is 637. The molecule has 6 heteroatoms. The van der Waals surface area contributed by atoms with E-state index in [0.717, 1.165) is 24.1 Å². The van der Waals surface area contributed by atoms with Crippen LogP contribution in [0.25, 0.3) is 0 Å². The highest BCUT2D eigenvalue weighted by Crippen LogP contribution is 2.53. The smallest absolute Gasteiger partial charge is 0.220 e. The Balaban J connectivity index is 1.39. The summed E-state index contributed by atoms with van der Waals surface area (Å²) < 4.78 is 23.0. The fourth-order valence-corrected chi connectivity index (χ4v) is 6.67. The highest BCUT2D eigenvalue weighted by Gasteiger charge is 2.34. The van der Waals surface area contributed by atoms with Crippen molar-refractivity contribution >= 4 is 23.6 Å². The van der Waals surface area contributed by atoms with Crippen LogP contribution in [0.15, 0.2) is 24.3 Å². The van der Waals surface area contributed by atoms with Gasteiger partial charge in [0.25, 0.3) is 0 Å². The van der Waals surface area contributed by atoms with Crippen LogP contribution in [0.1, 0.15) is 96.8 Å². The second-order valence-electron chi connectivity index (χ2n) is 8.89. The highest BCUT2D eigenvalue weighted by atomic mass is 32.5. The van der Waals surface area contributed by atoms with Crippen molar-refractivity contribution in [3.05, 3.63) is 24.3 Å². The Kier molecular flexibility index (Phi) is 14.8. The van der Waals surface area contributed by atoms with Crippen LogP contribution >= 0.6 is 6.49 Å². The molecule has 0 spiro atoms. The first-order valence-electron chi connectivity index (χ1n) is 12.8. The lowest BCUT2D eigenvalue weighted by atomic mass is 10.0. The van der Waals surface area contributed by atoms with Crippen LogP contribution in [-0.4, -0.2) is 33.0 Å². The molecule has 1 aromatic carbocycles. The lowest BCUT2D eigenvalue weighted by molar-refractivity contribution is 0.0592. The predicted molar refractivity (Wildman–Crippen MR) is 139 cm³/mol. The molecule has 1 saturated heterocycles. The van der Waals surface area contributed by atoms with E-state index in [1.165, 1.54) is 83.5 Å². The molecule has 1 aliphatic heterocycles. The van der Waals surface area contributed by atoms with Crippen molar-refractivity contribution in [3.8, 4) is 5.75 Å². The van der Waals surface area contributed by atoms with Gasteiger partial charge in [0.05, 0.1) is 20.3 Å². The lowest BCUT2D eigenvalue weighted by Crippen LogP contribution is -2.18. The van der Waals surface area contributed by atoms with E-state index in [0.29, 0.717) is 13.2 Å². The van der Waals surface area contributed by atoms with Crippen LogP contribution in [0.5, 0.6) is 5.75 Å². The van der Waals surface area contributed by atoms with Gasteiger partial charge in [-0.2, -0.15) is 0 Å². The van der Waals surface area contributed by atoms with E-state index in [9.17, 15) is 0 Å². The van der Waals surface area contributed by atoms with Gasteiger partial charge in [0.1, 0.15) is 11.9 Å². The summed E-state index contributed by atoms with van der Waals surface area (Å²) in [7, 11) is 1.65. The average molecular weight is 485 g/mol. The summed E-state index contributed by atoms with van der Waals surface area (Å²) in [4.78, 5) is 0. The number of hydrogen-bond donors (Lipinski definition) is 0. The van der Waals surface area contributed by atoms with E-state index in [4.69, 9.17) is 30.3 Å². The summed E-state index contributed by atoms with van der Waals surface area (Å²) in [5.74, 6) is 0.808. The van der Waals surface area contributed by atoms with Crippen molar-refractivity contribution in [3.63, 3.8) is 0 Å². The van der Waals surface area contributed by atoms with Crippen LogP contribution in [0, 0.1) is 0 Å². The van der Waals surface area contributed by atoms with Crippen molar-refractivity contribution in [2.75, 3.05) is 26.9 Å². The van der Waals surface area contributed by atoms with Crippen molar-refractivity contribution < 1.29 is 18.5 Å². The van der Waals surface area contributed by atoms with Gasteiger partial charge in [0.15, 0.2) is 0 Å². The largest absolute Gasteiger partial charge is 0.497 e. The van der Waals surface area contributed by atoms with Crippen LogP contribution in [0.2, 0.25) is 0 Å². The molecule has 184 valence electrons. The van der Waals surface area contributed by atoms with E-state index in [1.807, 2.05) is 24.3 Å². The first kappa shape index (κ1) is 27.8. The quantitative estimate of drug-likeness (QED) is 0.150. The second kappa shape index (κ2) is 17.1. The summed E-state index contributed by atoms with van der Waals surface area (Å²) in [6.45, 7) is 1.75. The zero-order valence-electron chi connectivity index (χ0n) is 20.4. The molecule has 2 unspecified atom stereocenters. The third-order valence-electron chi connectivity index (χ3n) is 6.05. The SMILES string of the molecule is CCCCCCCCCCCCCCCCOCC1COP(=S)(c2ccc(OC)cc2)O1. The zero-order chi connectivity index (χ0) is 22.9. The molecule has 1 heterocycles. The normalized spacial score (nSPS) is 20.6. The number of methoxy groups -OCH3 is 1. The van der Waals surface area contributed by atoms with E-state index >= 15 is 0 Å². The number of ether oxygens (including phenoxy) is 2. The number of rotatable bonds is 19. The average Bonchev–Trinajstić information content (AvgIpc) is 3.21. The van der Waals surface area contributed by atoms with E-state index in [2.05, 4.69) is 6.92 Å². The Hall–Kier alpha value is -0.450. The third kappa shape index (κ3) is 11.1. The number of unbranched alkanes of at least 4 members (excludes halogenated alkanes) is 13. The molecule has 2 rings (SSSR count). The topological polar surface area (TPSA) is 36.9 Å². The van der Waals surface area contributed by atoms with E-state index < -0.39 is 6.49 Å². The molecule has 2 atom stereocenters. The van der Waals surface area contributed by atoms with Crippen LogP contribution < -0.4 is 10.0 Å². The summed E-state index contributed by atoms with van der Waals surface area (Å²) in [6.07, 6.45) is 19.1. The van der Waals surface area contributed by atoms with Gasteiger partial charge in [0.2, 0.25) is 6.49 Å². The maximum Gasteiger partial charge on any atom is 0.220 e. The van der Waals surface area contributed by atoms with Crippen LogP contribution in [-0.2, 0) is 25.6 Å². The maximum atomic E-state index is 6.07. The van der Waals surface area contributed by atoms with E-state index in [-0.39, 0.29) is 6.10 Å². The molecule has 0 N–H and O–H groups in total. The molecule has 0 radical (unpaired) electrons. The fraction of sp³-hybridized carbons (Fsp3) is 0.769. The molecule has 0 bridgehead atoms. The minimum atomic E-state index is -2.40. The van der Waals surface area contributed by atoms with Gasteiger partial charge in [-0.15, -0.1) is 0 Å². The minimum Gasteiger partial charge on any atom is -0.497 e. The second-order valence-corrected chi connectivity index (χ2v) is 12.3. The van der Waals surface area contributed by atoms with Gasteiger partial charge in [-0.1, -0.05) is 90.4 Å². The molecular formula is C26H45O4PS. The van der Waals surface area contributed by atoms with Gasteiger partial charge in [0, 0.05) is 11.9 Å². The molecule has 0 aliphatic carbocycles. The van der Waals surface area contributed by atoms with Gasteiger partial charge in [-0.05, 0) is 42.5 Å². The Morgan fingerprint density at radius 2 is 1.38 bits per heavy atom. The Labute approximate surface area is 201 Å². The standard InChI is InChI=1S/C26H45O4PS/c1-3-4-5-6-7-8-9-10-11-12-13-14-15-16-21-28-22-25-23-29-31(32,30-25)26-19-17-24(27-2)18-20-26/h17-20,25H,3-16,21-23H2,1-2H3. The summed E-state index contributed by atoms with van der Waals surface area (Å²) >= 11 is 5.68. The Morgan fingerprint density at radius 3 is 1.91 bits per heavy atom. The maximum absolute atomic E-state index is 6.07. The summed E-state index contributed by atoms with van der Waals surface area (Å²) in [5.41, 5.74) is 0. The predicted octanol–water partition coefficient (Wildman–Crippen LogP) is 7.54. The molecule has 32 heavy (non-hydrogen) atoms. The molecular weight excluding hydrogens is 439 g/mol. The van der Waals surface area contributed by atoms with Gasteiger partial charge in [-0.25, -0.2) is 0 Å². The zero-order valence-corrected chi connectivity index (χ0v) is 22.1. The van der Waals surface area contributed by atoms with Gasteiger partial charge < -0.3 is 18.5 Å². The molecule has 0 aromatic heterocycles. The minimum absolute atomic E-state index is 0.0606. The Morgan fingerprint density at radius 1 is 0.844 bits per heavy atom. The van der Waals surface area contributed by atoms with Crippen molar-refractivity contribution in [1.82, 2.24) is 0 Å². The molecule has 1 fully saturated rings. The molecule has 1 aromatic rings. The van der Waals surface area contributed by atoms with Crippen molar-refractivity contribution in [2.45, 2.75) is 103 Å². The third-order valence-corrected chi connectivity index (χ3v) is 9.26. The monoisotopic (exact) mass is 484 g/mol. The van der Waals surface area contributed by atoms with Crippen LogP contribution in [0.4, 0.5) is 0 Å². The lowest BCUT2D eigenvalue weighted by Gasteiger charge is -2.16. The van der Waals surface area contributed by atoms with E-state index in [1.54, 1.807) is 7.11 Å². The molecule has 0 amide bonds. The van der Waals surface area contributed by atoms with Crippen LogP contribution in [0.3, 0.4) is 0 Å². The summed E-state index contributed by atoms with van der Waals surface area (Å²) in [6, 6.07) is 7.68. The number of hydrogen-bond acceptors (Lipinski definition) is 5. The highest BCUT2D eigenvalue weighted by molar-refractivity contribution is 8.13. The van der Waals surface area contributed by atoms with Crippen molar-refractivity contribution in [1.29, 1.82) is 0 Å². The molecule has 4 nitrogen and oxygen atoms in total. The van der Waals surface area contributed by atoms with Gasteiger partial charge >= 0.3 is 0 Å². The first-order chi connectivity index (χ1) is 15.7. The fourth-order valence-electron chi connectivity index (χ4n) is 4.03.